The second kappa shape index (κ2) is 3.15. The van der Waals surface area contributed by atoms with Crippen LogP contribution in [0.4, 0.5) is 0 Å². The molecule has 2 N–H and O–H groups in total. The van der Waals surface area contributed by atoms with E-state index in [0.29, 0.717) is 10.7 Å². The lowest BCUT2D eigenvalue weighted by molar-refractivity contribution is -0.120. The van der Waals surface area contributed by atoms with Crippen molar-refractivity contribution in [2.45, 2.75) is 19.9 Å². The van der Waals surface area contributed by atoms with E-state index >= 15 is 0 Å². The van der Waals surface area contributed by atoms with Crippen molar-refractivity contribution in [1.82, 2.24) is 9.78 Å². The lowest BCUT2D eigenvalue weighted by Crippen LogP contribution is -2.24. The van der Waals surface area contributed by atoms with E-state index in [0.717, 1.165) is 0 Å². The Balaban J connectivity index is 2.96. The van der Waals surface area contributed by atoms with Crippen molar-refractivity contribution >= 4 is 17.5 Å². The first-order valence-electron chi connectivity index (χ1n) is 3.53. The second-order valence-electron chi connectivity index (χ2n) is 2.62. The van der Waals surface area contributed by atoms with Crippen LogP contribution in [0.1, 0.15) is 18.7 Å². The average Bonchev–Trinajstić information content (AvgIpc) is 2.30. The normalized spacial score (nSPS) is 12.9. The highest BCUT2D eigenvalue weighted by atomic mass is 35.5. The molecule has 0 aromatic carbocycles. The fourth-order valence-electron chi connectivity index (χ4n) is 0.788. The zero-order valence-corrected chi connectivity index (χ0v) is 7.67. The van der Waals surface area contributed by atoms with Crippen molar-refractivity contribution in [3.8, 4) is 0 Å². The van der Waals surface area contributed by atoms with Crippen LogP contribution in [0.3, 0.4) is 0 Å². The minimum absolute atomic E-state index is 0.422. The van der Waals surface area contributed by atoms with Crippen LogP contribution in [0.5, 0.6) is 0 Å². The predicted octanol–water partition coefficient (Wildman–Crippen LogP) is 0.891. The van der Waals surface area contributed by atoms with Crippen LogP contribution in [0, 0.1) is 6.92 Å². The number of carbonyl (C=O) groups excluding carboxylic acids is 1. The second-order valence-corrected chi connectivity index (χ2v) is 3.03. The lowest BCUT2D eigenvalue weighted by Gasteiger charge is -2.05. The summed E-state index contributed by atoms with van der Waals surface area (Å²) in [6.07, 6.45) is 1.59. The van der Waals surface area contributed by atoms with E-state index in [4.69, 9.17) is 17.3 Å². The van der Waals surface area contributed by atoms with Gasteiger partial charge in [0.2, 0.25) is 5.91 Å². The van der Waals surface area contributed by atoms with E-state index in [9.17, 15) is 4.79 Å². The summed E-state index contributed by atoms with van der Waals surface area (Å²) in [5, 5.41) is 4.56. The minimum atomic E-state index is -0.448. The molecule has 0 saturated heterocycles. The molecule has 0 aliphatic carbocycles. The van der Waals surface area contributed by atoms with Crippen LogP contribution in [0.2, 0.25) is 5.02 Å². The molecule has 66 valence electrons. The van der Waals surface area contributed by atoms with Crippen molar-refractivity contribution in [2.75, 3.05) is 0 Å². The average molecular weight is 188 g/mol. The summed E-state index contributed by atoms with van der Waals surface area (Å²) in [6.45, 7) is 3.44. The third-order valence-corrected chi connectivity index (χ3v) is 2.04. The number of aryl methyl sites for hydroxylation is 1. The van der Waals surface area contributed by atoms with Crippen molar-refractivity contribution < 1.29 is 4.79 Å². The van der Waals surface area contributed by atoms with Gasteiger partial charge in [-0.15, -0.1) is 0 Å². The Bertz CT molecular complexity index is 288. The Hall–Kier alpha value is -1.03. The molecule has 0 aliphatic heterocycles. The Morgan fingerprint density at radius 2 is 2.42 bits per heavy atom. The summed E-state index contributed by atoms with van der Waals surface area (Å²) in [5.41, 5.74) is 5.78. The summed E-state index contributed by atoms with van der Waals surface area (Å²) < 4.78 is 1.46. The highest BCUT2D eigenvalue weighted by molar-refractivity contribution is 6.31. The van der Waals surface area contributed by atoms with Crippen LogP contribution in [0.25, 0.3) is 0 Å². The number of amides is 1. The van der Waals surface area contributed by atoms with Crippen LogP contribution in [0.15, 0.2) is 6.20 Å². The lowest BCUT2D eigenvalue weighted by atomic mass is 10.3. The molecule has 0 spiro atoms. The van der Waals surface area contributed by atoms with Crippen LogP contribution < -0.4 is 5.73 Å². The first-order chi connectivity index (χ1) is 5.52. The standard InChI is InChI=1S/C7H10ClN3O/c1-4-6(8)3-11(10-4)5(2)7(9)12/h3,5H,1-2H3,(H2,9,12)/t5-/m1/s1. The summed E-state index contributed by atoms with van der Waals surface area (Å²) in [7, 11) is 0. The zero-order chi connectivity index (χ0) is 9.30. The highest BCUT2D eigenvalue weighted by Gasteiger charge is 2.13. The molecule has 0 fully saturated rings. The van der Waals surface area contributed by atoms with Gasteiger partial charge in [-0.2, -0.15) is 5.10 Å². The molecule has 12 heavy (non-hydrogen) atoms. The number of aromatic nitrogens is 2. The number of rotatable bonds is 2. The van der Waals surface area contributed by atoms with Gasteiger partial charge in [-0.25, -0.2) is 0 Å². The monoisotopic (exact) mass is 187 g/mol. The van der Waals surface area contributed by atoms with Gasteiger partial charge in [0.1, 0.15) is 6.04 Å². The minimum Gasteiger partial charge on any atom is -0.368 e. The topological polar surface area (TPSA) is 60.9 Å². The first kappa shape index (κ1) is 9.06. The number of carbonyl (C=O) groups is 1. The van der Waals surface area contributed by atoms with Crippen molar-refractivity contribution in [1.29, 1.82) is 0 Å². The number of primary amides is 1. The predicted molar refractivity (Wildman–Crippen MR) is 45.9 cm³/mol. The summed E-state index contributed by atoms with van der Waals surface area (Å²) in [4.78, 5) is 10.7. The number of hydrogen-bond acceptors (Lipinski definition) is 2. The molecule has 5 heteroatoms. The van der Waals surface area contributed by atoms with Crippen LogP contribution in [-0.2, 0) is 4.79 Å². The van der Waals surface area contributed by atoms with Gasteiger partial charge in [0.25, 0.3) is 0 Å². The Labute approximate surface area is 75.3 Å². The van der Waals surface area contributed by atoms with E-state index in [-0.39, 0.29) is 0 Å². The molecule has 1 aromatic rings. The number of nitrogens with two attached hydrogens (primary N) is 1. The molecule has 0 saturated carbocycles. The van der Waals surface area contributed by atoms with Crippen molar-refractivity contribution in [3.63, 3.8) is 0 Å². The zero-order valence-electron chi connectivity index (χ0n) is 6.91. The van der Waals surface area contributed by atoms with Gasteiger partial charge in [0.15, 0.2) is 0 Å². The maximum atomic E-state index is 10.7. The molecule has 0 aliphatic rings. The molecule has 4 nitrogen and oxygen atoms in total. The number of hydrogen-bond donors (Lipinski definition) is 1. The van der Waals surface area contributed by atoms with E-state index in [2.05, 4.69) is 5.10 Å². The Morgan fingerprint density at radius 1 is 1.83 bits per heavy atom. The maximum Gasteiger partial charge on any atom is 0.241 e. The van der Waals surface area contributed by atoms with Crippen LogP contribution >= 0.6 is 11.6 Å². The maximum absolute atomic E-state index is 10.7. The molecular formula is C7H10ClN3O. The fraction of sp³-hybridized carbons (Fsp3) is 0.429. The molecule has 1 aromatic heterocycles. The van der Waals surface area contributed by atoms with E-state index in [1.54, 1.807) is 20.0 Å². The van der Waals surface area contributed by atoms with Gasteiger partial charge in [-0.3, -0.25) is 9.48 Å². The molecule has 0 unspecified atom stereocenters. The molecule has 0 bridgehead atoms. The Kier molecular flexibility index (Phi) is 2.38. The highest BCUT2D eigenvalue weighted by Crippen LogP contribution is 2.15. The number of nitrogens with zero attached hydrogens (tertiary/aromatic N) is 2. The summed E-state index contributed by atoms with van der Waals surface area (Å²) >= 11 is 5.74. The smallest absolute Gasteiger partial charge is 0.241 e. The first-order valence-corrected chi connectivity index (χ1v) is 3.90. The molecular weight excluding hydrogens is 178 g/mol. The van der Waals surface area contributed by atoms with E-state index in [1.165, 1.54) is 4.68 Å². The van der Waals surface area contributed by atoms with Crippen molar-refractivity contribution in [2.24, 2.45) is 5.73 Å². The third-order valence-electron chi connectivity index (χ3n) is 1.67. The quantitative estimate of drug-likeness (QED) is 0.748. The van der Waals surface area contributed by atoms with E-state index in [1.807, 2.05) is 0 Å². The van der Waals surface area contributed by atoms with Gasteiger partial charge in [0.05, 0.1) is 10.7 Å². The number of halogens is 1. The fourth-order valence-corrected chi connectivity index (χ4v) is 0.926. The van der Waals surface area contributed by atoms with Gasteiger partial charge in [-0.05, 0) is 13.8 Å². The van der Waals surface area contributed by atoms with Gasteiger partial charge >= 0.3 is 0 Å². The van der Waals surface area contributed by atoms with Gasteiger partial charge in [-0.1, -0.05) is 11.6 Å². The molecule has 0 radical (unpaired) electrons. The van der Waals surface area contributed by atoms with Gasteiger partial charge in [0, 0.05) is 6.20 Å². The molecule has 1 amide bonds. The molecule has 1 heterocycles. The summed E-state index contributed by atoms with van der Waals surface area (Å²) in [5.74, 6) is -0.422. The molecule has 1 atom stereocenters. The van der Waals surface area contributed by atoms with E-state index < -0.39 is 11.9 Å². The Morgan fingerprint density at radius 3 is 2.75 bits per heavy atom. The van der Waals surface area contributed by atoms with Crippen LogP contribution in [-0.4, -0.2) is 15.7 Å². The van der Waals surface area contributed by atoms with Crippen molar-refractivity contribution in [3.05, 3.63) is 16.9 Å². The SMILES string of the molecule is Cc1nn([C@H](C)C(N)=O)cc1Cl. The largest absolute Gasteiger partial charge is 0.368 e. The third kappa shape index (κ3) is 1.58. The molecule has 1 rings (SSSR count). The summed E-state index contributed by atoms with van der Waals surface area (Å²) in [6, 6.07) is -0.448. The van der Waals surface area contributed by atoms with Gasteiger partial charge < -0.3 is 5.73 Å².